The second-order valence-electron chi connectivity index (χ2n) is 8.14. The Kier molecular flexibility index (Phi) is 4.22. The first-order chi connectivity index (χ1) is 12.5. The summed E-state index contributed by atoms with van der Waals surface area (Å²) >= 11 is 0. The number of nitrogens with zero attached hydrogens (tertiary/aromatic N) is 2. The van der Waals surface area contributed by atoms with E-state index in [0.717, 1.165) is 37.9 Å². The number of hydrazone groups is 1. The van der Waals surface area contributed by atoms with Crippen molar-refractivity contribution in [2.24, 2.45) is 10.5 Å². The van der Waals surface area contributed by atoms with Crippen molar-refractivity contribution in [2.45, 2.75) is 53.4 Å². The number of aryl methyl sites for hydroxylation is 1. The monoisotopic (exact) mass is 348 g/mol. The lowest BCUT2D eigenvalue weighted by Gasteiger charge is -2.32. The lowest BCUT2D eigenvalue weighted by Crippen LogP contribution is -2.30. The van der Waals surface area contributed by atoms with Gasteiger partial charge in [-0.15, -0.1) is 0 Å². The van der Waals surface area contributed by atoms with Crippen LogP contribution in [-0.2, 0) is 12.8 Å². The van der Waals surface area contributed by atoms with Crippen LogP contribution in [0.2, 0.25) is 0 Å². The minimum absolute atomic E-state index is 0.178. The zero-order chi connectivity index (χ0) is 18.3. The summed E-state index contributed by atoms with van der Waals surface area (Å²) in [7, 11) is 0. The molecule has 1 aliphatic rings. The Labute approximate surface area is 155 Å². The van der Waals surface area contributed by atoms with E-state index in [0.29, 0.717) is 0 Å². The Balaban J connectivity index is 2.08. The molecule has 1 aliphatic carbocycles. The first-order valence-electron chi connectivity index (χ1n) is 9.76. The minimum atomic E-state index is 0.178. The quantitative estimate of drug-likeness (QED) is 0.655. The number of H-pyrrole nitrogens is 1. The summed E-state index contributed by atoms with van der Waals surface area (Å²) < 4.78 is 0. The van der Waals surface area contributed by atoms with E-state index in [1.54, 1.807) is 0 Å². The number of rotatable bonds is 4. The fourth-order valence-electron chi connectivity index (χ4n) is 4.23. The lowest BCUT2D eigenvalue weighted by atomic mass is 9.74. The van der Waals surface area contributed by atoms with Crippen LogP contribution in [0.3, 0.4) is 0 Å². The van der Waals surface area contributed by atoms with Gasteiger partial charge in [0, 0.05) is 28.4 Å². The molecule has 4 heteroatoms. The topological polar surface area (TPSA) is 53.1 Å². The molecule has 0 radical (unpaired) electrons. The van der Waals surface area contributed by atoms with Crippen LogP contribution < -0.4 is 5.43 Å². The SMILES string of the molecule is CCCc1nc2c(c3[nH]c4ccccc4c13)C(=NNCC)CC(C)(C)C2. The molecule has 4 nitrogen and oxygen atoms in total. The van der Waals surface area contributed by atoms with Crippen LogP contribution in [-0.4, -0.2) is 22.2 Å². The molecule has 0 spiro atoms. The van der Waals surface area contributed by atoms with Gasteiger partial charge in [-0.2, -0.15) is 5.10 Å². The summed E-state index contributed by atoms with van der Waals surface area (Å²) in [5, 5.41) is 7.30. The molecule has 2 heterocycles. The maximum Gasteiger partial charge on any atom is 0.0720 e. The lowest BCUT2D eigenvalue weighted by molar-refractivity contribution is 0.367. The zero-order valence-electron chi connectivity index (χ0n) is 16.2. The summed E-state index contributed by atoms with van der Waals surface area (Å²) in [5.41, 5.74) is 10.5. The Hall–Kier alpha value is -2.36. The summed E-state index contributed by atoms with van der Waals surface area (Å²) in [6.07, 6.45) is 4.07. The van der Waals surface area contributed by atoms with E-state index in [-0.39, 0.29) is 5.41 Å². The predicted octanol–water partition coefficient (Wildman–Crippen LogP) is 4.95. The minimum Gasteiger partial charge on any atom is -0.354 e. The van der Waals surface area contributed by atoms with Gasteiger partial charge in [-0.25, -0.2) is 0 Å². The van der Waals surface area contributed by atoms with Crippen molar-refractivity contribution in [1.82, 2.24) is 15.4 Å². The van der Waals surface area contributed by atoms with Crippen molar-refractivity contribution in [3.8, 4) is 0 Å². The van der Waals surface area contributed by atoms with Gasteiger partial charge < -0.3 is 10.4 Å². The third-order valence-corrected chi connectivity index (χ3v) is 5.24. The molecule has 2 aromatic heterocycles. The summed E-state index contributed by atoms with van der Waals surface area (Å²) in [4.78, 5) is 8.87. The summed E-state index contributed by atoms with van der Waals surface area (Å²) in [5.74, 6) is 0. The standard InChI is InChI=1S/C22H28N4/c1-5-9-16-19-14-10-7-8-11-15(14)25-21(19)20-17(24-16)12-22(3,4)13-18(20)26-23-6-2/h7-8,10-11,23,25H,5-6,9,12-13H2,1-4H3. The molecular formula is C22H28N4. The van der Waals surface area contributed by atoms with Crippen LogP contribution >= 0.6 is 0 Å². The van der Waals surface area contributed by atoms with Crippen LogP contribution in [0.15, 0.2) is 29.4 Å². The normalized spacial score (nSPS) is 17.8. The molecule has 0 fully saturated rings. The number of pyridine rings is 1. The van der Waals surface area contributed by atoms with Crippen LogP contribution in [0.4, 0.5) is 0 Å². The average Bonchev–Trinajstić information content (AvgIpc) is 2.98. The van der Waals surface area contributed by atoms with Crippen LogP contribution in [0, 0.1) is 5.41 Å². The number of hydrogen-bond donors (Lipinski definition) is 2. The molecule has 0 atom stereocenters. The molecule has 136 valence electrons. The largest absolute Gasteiger partial charge is 0.354 e. The Morgan fingerprint density at radius 1 is 1.19 bits per heavy atom. The van der Waals surface area contributed by atoms with Crippen molar-refractivity contribution < 1.29 is 0 Å². The number of para-hydroxylation sites is 1. The number of benzene rings is 1. The summed E-state index contributed by atoms with van der Waals surface area (Å²) in [6, 6.07) is 8.57. The van der Waals surface area contributed by atoms with Gasteiger partial charge in [-0.05, 0) is 37.7 Å². The third kappa shape index (κ3) is 2.77. The van der Waals surface area contributed by atoms with Gasteiger partial charge >= 0.3 is 0 Å². The van der Waals surface area contributed by atoms with Crippen molar-refractivity contribution in [3.05, 3.63) is 41.2 Å². The highest BCUT2D eigenvalue weighted by atomic mass is 15.3. The number of hydrogen-bond acceptors (Lipinski definition) is 3. The van der Waals surface area contributed by atoms with Gasteiger partial charge in [0.25, 0.3) is 0 Å². The fraction of sp³-hybridized carbons (Fsp3) is 0.455. The smallest absolute Gasteiger partial charge is 0.0720 e. The molecular weight excluding hydrogens is 320 g/mol. The highest BCUT2D eigenvalue weighted by Gasteiger charge is 2.33. The van der Waals surface area contributed by atoms with Crippen molar-refractivity contribution >= 4 is 27.5 Å². The van der Waals surface area contributed by atoms with Gasteiger partial charge in [0.2, 0.25) is 0 Å². The van der Waals surface area contributed by atoms with E-state index < -0.39 is 0 Å². The fourth-order valence-corrected chi connectivity index (χ4v) is 4.23. The maximum absolute atomic E-state index is 5.18. The first kappa shape index (κ1) is 17.1. The average molecular weight is 348 g/mol. The summed E-state index contributed by atoms with van der Waals surface area (Å²) in [6.45, 7) is 9.77. The number of fused-ring (bicyclic) bond motifs is 5. The van der Waals surface area contributed by atoms with E-state index in [2.05, 4.69) is 62.4 Å². The molecule has 4 rings (SSSR count). The van der Waals surface area contributed by atoms with E-state index in [1.165, 1.54) is 38.8 Å². The van der Waals surface area contributed by atoms with Crippen molar-refractivity contribution in [2.75, 3.05) is 6.54 Å². The molecule has 0 unspecified atom stereocenters. The number of aromatic amines is 1. The van der Waals surface area contributed by atoms with Crippen LogP contribution in [0.5, 0.6) is 0 Å². The maximum atomic E-state index is 5.18. The first-order valence-corrected chi connectivity index (χ1v) is 9.76. The van der Waals surface area contributed by atoms with Crippen LogP contribution in [0.25, 0.3) is 21.8 Å². The van der Waals surface area contributed by atoms with Crippen molar-refractivity contribution in [1.29, 1.82) is 0 Å². The highest BCUT2D eigenvalue weighted by Crippen LogP contribution is 2.40. The zero-order valence-corrected chi connectivity index (χ0v) is 16.2. The Bertz CT molecular complexity index is 994. The second-order valence-corrected chi connectivity index (χ2v) is 8.14. The molecule has 0 aliphatic heterocycles. The molecule has 3 aromatic rings. The van der Waals surface area contributed by atoms with Crippen molar-refractivity contribution in [3.63, 3.8) is 0 Å². The van der Waals surface area contributed by atoms with Gasteiger partial charge in [0.05, 0.1) is 22.6 Å². The molecule has 0 amide bonds. The number of aromatic nitrogens is 2. The van der Waals surface area contributed by atoms with Gasteiger partial charge in [0.1, 0.15) is 0 Å². The van der Waals surface area contributed by atoms with Crippen LogP contribution in [0.1, 0.15) is 57.5 Å². The molecule has 0 saturated heterocycles. The van der Waals surface area contributed by atoms with Gasteiger partial charge in [-0.1, -0.05) is 45.4 Å². The number of nitrogens with one attached hydrogen (secondary N) is 2. The van der Waals surface area contributed by atoms with E-state index >= 15 is 0 Å². The third-order valence-electron chi connectivity index (χ3n) is 5.24. The van der Waals surface area contributed by atoms with Gasteiger partial charge in [-0.3, -0.25) is 4.98 Å². The molecule has 2 N–H and O–H groups in total. The molecule has 0 saturated carbocycles. The van der Waals surface area contributed by atoms with Gasteiger partial charge in [0.15, 0.2) is 0 Å². The predicted molar refractivity (Wildman–Crippen MR) is 110 cm³/mol. The molecule has 1 aromatic carbocycles. The van der Waals surface area contributed by atoms with E-state index in [9.17, 15) is 0 Å². The van der Waals surface area contributed by atoms with E-state index in [4.69, 9.17) is 10.1 Å². The Morgan fingerprint density at radius 2 is 2.00 bits per heavy atom. The molecule has 0 bridgehead atoms. The second kappa shape index (κ2) is 6.42. The Morgan fingerprint density at radius 3 is 2.77 bits per heavy atom. The highest BCUT2D eigenvalue weighted by molar-refractivity contribution is 6.18. The molecule has 26 heavy (non-hydrogen) atoms. The van der Waals surface area contributed by atoms with E-state index in [1.807, 2.05) is 0 Å².